The average molecular weight is 412 g/mol. The molecule has 3 aromatic rings. The molecule has 2 amide bonds. The number of benzene rings is 2. The highest BCUT2D eigenvalue weighted by Crippen LogP contribution is 2.20. The van der Waals surface area contributed by atoms with Crippen LogP contribution >= 0.6 is 11.8 Å². The highest BCUT2D eigenvalue weighted by molar-refractivity contribution is 7.99. The van der Waals surface area contributed by atoms with Gasteiger partial charge in [-0.05, 0) is 35.9 Å². The number of amides is 2. The Morgan fingerprint density at radius 1 is 1.07 bits per heavy atom. The summed E-state index contributed by atoms with van der Waals surface area (Å²) in [6, 6.07) is 14.5. The third-order valence-corrected chi connectivity index (χ3v) is 4.57. The number of nitrogens with one attached hydrogen (secondary N) is 2. The number of ether oxygens (including phenoxy) is 1. The second kappa shape index (κ2) is 9.74. The molecule has 0 saturated carbocycles. The van der Waals surface area contributed by atoms with Gasteiger partial charge in [0.15, 0.2) is 0 Å². The van der Waals surface area contributed by atoms with Gasteiger partial charge in [0.05, 0.1) is 19.3 Å². The summed E-state index contributed by atoms with van der Waals surface area (Å²) < 4.78 is 10.7. The Labute approximate surface area is 172 Å². The molecule has 3 rings (SSSR count). The van der Waals surface area contributed by atoms with E-state index in [2.05, 4.69) is 20.8 Å². The summed E-state index contributed by atoms with van der Waals surface area (Å²) in [6.45, 7) is 1.43. The van der Waals surface area contributed by atoms with E-state index < -0.39 is 0 Å². The molecule has 0 unspecified atom stereocenters. The molecule has 0 aliphatic heterocycles. The lowest BCUT2D eigenvalue weighted by Gasteiger charge is -2.07. The number of carbonyl (C=O) groups is 2. The maximum absolute atomic E-state index is 12.2. The van der Waals surface area contributed by atoms with Gasteiger partial charge in [0.2, 0.25) is 17.7 Å². The number of rotatable bonds is 8. The molecule has 0 atom stereocenters. The van der Waals surface area contributed by atoms with Gasteiger partial charge in [0.25, 0.3) is 5.22 Å². The van der Waals surface area contributed by atoms with E-state index >= 15 is 0 Å². The maximum Gasteiger partial charge on any atom is 0.277 e. The average Bonchev–Trinajstić information content (AvgIpc) is 3.14. The Morgan fingerprint density at radius 3 is 2.48 bits per heavy atom. The van der Waals surface area contributed by atoms with Crippen molar-refractivity contribution in [3.63, 3.8) is 0 Å². The van der Waals surface area contributed by atoms with Crippen molar-refractivity contribution in [1.29, 1.82) is 0 Å². The van der Waals surface area contributed by atoms with Gasteiger partial charge < -0.3 is 19.8 Å². The first kappa shape index (κ1) is 20.4. The van der Waals surface area contributed by atoms with Gasteiger partial charge in [-0.25, -0.2) is 0 Å². The van der Waals surface area contributed by atoms with Gasteiger partial charge in [-0.15, -0.1) is 10.2 Å². The molecule has 0 aliphatic rings. The zero-order valence-corrected chi connectivity index (χ0v) is 16.8. The van der Waals surface area contributed by atoms with Crippen LogP contribution in [0.3, 0.4) is 0 Å². The van der Waals surface area contributed by atoms with E-state index in [-0.39, 0.29) is 17.6 Å². The fraction of sp³-hybridized carbons (Fsp3) is 0.200. The molecule has 29 heavy (non-hydrogen) atoms. The molecule has 2 N–H and O–H groups in total. The first-order valence-electron chi connectivity index (χ1n) is 8.77. The molecule has 1 heterocycles. The summed E-state index contributed by atoms with van der Waals surface area (Å²) in [7, 11) is 1.62. The fourth-order valence-corrected chi connectivity index (χ4v) is 3.07. The molecule has 2 aromatic carbocycles. The van der Waals surface area contributed by atoms with Gasteiger partial charge >= 0.3 is 0 Å². The molecule has 0 aliphatic carbocycles. The van der Waals surface area contributed by atoms with Crippen molar-refractivity contribution in [3.8, 4) is 5.75 Å². The minimum absolute atomic E-state index is 0.120. The number of thioether (sulfide) groups is 1. The number of aromatic nitrogens is 2. The summed E-state index contributed by atoms with van der Waals surface area (Å²) >= 11 is 1.16. The van der Waals surface area contributed by atoms with Crippen LogP contribution in [0.1, 0.15) is 18.4 Å². The normalized spacial score (nSPS) is 10.4. The van der Waals surface area contributed by atoms with Crippen molar-refractivity contribution in [2.75, 3.05) is 23.5 Å². The van der Waals surface area contributed by atoms with Crippen LogP contribution in [0, 0.1) is 0 Å². The van der Waals surface area contributed by atoms with E-state index in [9.17, 15) is 9.59 Å². The van der Waals surface area contributed by atoms with Crippen molar-refractivity contribution >= 4 is 35.0 Å². The smallest absolute Gasteiger partial charge is 0.277 e. The highest BCUT2D eigenvalue weighted by Gasteiger charge is 2.11. The third-order valence-electron chi connectivity index (χ3n) is 3.76. The van der Waals surface area contributed by atoms with Crippen molar-refractivity contribution in [2.24, 2.45) is 0 Å². The topological polar surface area (TPSA) is 106 Å². The van der Waals surface area contributed by atoms with E-state index in [1.807, 2.05) is 24.3 Å². The molecule has 150 valence electrons. The Hall–Kier alpha value is -3.33. The van der Waals surface area contributed by atoms with E-state index in [1.165, 1.54) is 6.92 Å². The summed E-state index contributed by atoms with van der Waals surface area (Å²) in [6.07, 6.45) is 0.500. The van der Waals surface area contributed by atoms with Crippen LogP contribution in [-0.4, -0.2) is 34.9 Å². The zero-order valence-electron chi connectivity index (χ0n) is 16.0. The molecule has 0 radical (unpaired) electrons. The first-order chi connectivity index (χ1) is 14.0. The maximum atomic E-state index is 12.2. The van der Waals surface area contributed by atoms with Crippen molar-refractivity contribution in [2.45, 2.75) is 18.6 Å². The third kappa shape index (κ3) is 6.35. The van der Waals surface area contributed by atoms with Gasteiger partial charge in [0.1, 0.15) is 5.75 Å². The van der Waals surface area contributed by atoms with E-state index in [0.717, 1.165) is 23.1 Å². The molecule has 8 nitrogen and oxygen atoms in total. The molecule has 0 saturated heterocycles. The minimum atomic E-state index is -0.218. The van der Waals surface area contributed by atoms with Gasteiger partial charge in [-0.2, -0.15) is 0 Å². The van der Waals surface area contributed by atoms with Crippen LogP contribution in [0.15, 0.2) is 58.2 Å². The monoisotopic (exact) mass is 412 g/mol. The van der Waals surface area contributed by atoms with E-state index in [4.69, 9.17) is 9.15 Å². The lowest BCUT2D eigenvalue weighted by atomic mass is 10.1. The highest BCUT2D eigenvalue weighted by atomic mass is 32.2. The first-order valence-corrected chi connectivity index (χ1v) is 9.76. The van der Waals surface area contributed by atoms with Crippen LogP contribution in [0.2, 0.25) is 0 Å². The Bertz CT molecular complexity index is 988. The summed E-state index contributed by atoms with van der Waals surface area (Å²) in [5.41, 5.74) is 2.22. The minimum Gasteiger partial charge on any atom is -0.497 e. The largest absolute Gasteiger partial charge is 0.497 e. The SMILES string of the molecule is COc1ccc(Cc2nnc(SCC(=O)Nc3cccc(NC(C)=O)c3)o2)cc1. The van der Waals surface area contributed by atoms with Crippen LogP contribution in [0.25, 0.3) is 0 Å². The quantitative estimate of drug-likeness (QED) is 0.546. The second-order valence-corrected chi connectivity index (χ2v) is 7.01. The molecular formula is C20H20N4O4S. The van der Waals surface area contributed by atoms with Crippen LogP contribution < -0.4 is 15.4 Å². The zero-order chi connectivity index (χ0) is 20.6. The molecule has 0 spiro atoms. The number of hydrogen-bond acceptors (Lipinski definition) is 7. The summed E-state index contributed by atoms with van der Waals surface area (Å²) in [5.74, 6) is 0.982. The van der Waals surface area contributed by atoms with Crippen molar-refractivity contribution in [1.82, 2.24) is 10.2 Å². The van der Waals surface area contributed by atoms with Crippen LogP contribution in [0.4, 0.5) is 11.4 Å². The van der Waals surface area contributed by atoms with Crippen LogP contribution in [-0.2, 0) is 16.0 Å². The molecule has 1 aromatic heterocycles. The van der Waals surface area contributed by atoms with Crippen LogP contribution in [0.5, 0.6) is 5.75 Å². The standard InChI is InChI=1S/C20H20N4O4S/c1-13(25)21-15-4-3-5-16(11-15)22-18(26)12-29-20-24-23-19(28-20)10-14-6-8-17(27-2)9-7-14/h3-9,11H,10,12H2,1-2H3,(H,21,25)(H,22,26). The van der Waals surface area contributed by atoms with Gasteiger partial charge in [-0.1, -0.05) is 30.0 Å². The number of nitrogens with zero attached hydrogens (tertiary/aromatic N) is 2. The number of methoxy groups -OCH3 is 1. The number of carbonyl (C=O) groups excluding carboxylic acids is 2. The summed E-state index contributed by atoms with van der Waals surface area (Å²) in [5, 5.41) is 13.7. The van der Waals surface area contributed by atoms with Gasteiger partial charge in [-0.3, -0.25) is 9.59 Å². The Balaban J connectivity index is 1.50. The molecule has 9 heteroatoms. The second-order valence-electron chi connectivity index (χ2n) is 6.09. The molecule has 0 bridgehead atoms. The molecule has 0 fully saturated rings. The Kier molecular flexibility index (Phi) is 6.85. The predicted octanol–water partition coefficient (Wildman–Crippen LogP) is 3.36. The van der Waals surface area contributed by atoms with E-state index in [0.29, 0.717) is 28.9 Å². The fourth-order valence-electron chi connectivity index (χ4n) is 2.49. The Morgan fingerprint density at radius 2 is 1.79 bits per heavy atom. The van der Waals surface area contributed by atoms with Crippen molar-refractivity contribution < 1.29 is 18.7 Å². The lowest BCUT2D eigenvalue weighted by Crippen LogP contribution is -2.14. The number of hydrogen-bond donors (Lipinski definition) is 2. The van der Waals surface area contributed by atoms with Crippen molar-refractivity contribution in [3.05, 3.63) is 60.0 Å². The number of anilines is 2. The lowest BCUT2D eigenvalue weighted by molar-refractivity contribution is -0.114. The predicted molar refractivity (Wildman–Crippen MR) is 110 cm³/mol. The summed E-state index contributed by atoms with van der Waals surface area (Å²) in [4.78, 5) is 23.3. The van der Waals surface area contributed by atoms with E-state index in [1.54, 1.807) is 31.4 Å². The molecular weight excluding hydrogens is 392 g/mol. The van der Waals surface area contributed by atoms with Gasteiger partial charge in [0, 0.05) is 18.3 Å².